The Hall–Kier alpha value is -1.66. The maximum atomic E-state index is 11.8. The van der Waals surface area contributed by atoms with Crippen LogP contribution in [-0.4, -0.2) is 19.6 Å². The number of rotatable bonds is 18. The van der Waals surface area contributed by atoms with Crippen LogP contribution in [0.1, 0.15) is 104 Å². The molecule has 10 heteroatoms. The monoisotopic (exact) mass is 612 g/mol. The van der Waals surface area contributed by atoms with Gasteiger partial charge in [-0.2, -0.15) is 0 Å². The third kappa shape index (κ3) is 13.0. The molecule has 2 aromatic rings. The summed E-state index contributed by atoms with van der Waals surface area (Å²) in [5.41, 5.74) is 1.89. The zero-order valence-corrected chi connectivity index (χ0v) is 27.3. The lowest BCUT2D eigenvalue weighted by molar-refractivity contribution is 0.278. The molecular formula is C31H50O8P2. The lowest BCUT2D eigenvalue weighted by Gasteiger charge is -2.21. The molecule has 0 spiro atoms. The fourth-order valence-corrected chi connectivity index (χ4v) is 6.26. The lowest BCUT2D eigenvalue weighted by atomic mass is 9.91. The summed E-state index contributed by atoms with van der Waals surface area (Å²) < 4.78 is 33.7. The molecule has 0 amide bonds. The molecular weight excluding hydrogens is 562 g/mol. The van der Waals surface area contributed by atoms with Gasteiger partial charge >= 0.3 is 15.6 Å². The standard InChI is InChI=1S/C31H50O8P2/c1-22(2)12-9-13-23(3)14-10-15-24(4)16-11-17-25(5)20-21-27-26(6)30(38-40(32,33)34)28-18-7-8-19-29(28)31(27)39-41(35,36)37/h7-8,18-20,22-24H,9-17,21H2,1-6H3,(H2,32,33,34)(H2,35,36,37)/t23-,24-/m1/s1. The van der Waals surface area contributed by atoms with Gasteiger partial charge in [-0.1, -0.05) is 109 Å². The number of benzene rings is 2. The van der Waals surface area contributed by atoms with Crippen molar-refractivity contribution in [3.63, 3.8) is 0 Å². The van der Waals surface area contributed by atoms with Gasteiger partial charge in [0.2, 0.25) is 0 Å². The van der Waals surface area contributed by atoms with E-state index in [4.69, 9.17) is 9.05 Å². The van der Waals surface area contributed by atoms with Gasteiger partial charge in [0.25, 0.3) is 0 Å². The van der Waals surface area contributed by atoms with E-state index in [-0.39, 0.29) is 17.9 Å². The fraction of sp³-hybridized carbons (Fsp3) is 0.613. The van der Waals surface area contributed by atoms with Crippen LogP contribution in [0.15, 0.2) is 35.9 Å². The van der Waals surface area contributed by atoms with Crippen molar-refractivity contribution >= 4 is 26.4 Å². The Bertz CT molecular complexity index is 1240. The topological polar surface area (TPSA) is 134 Å². The van der Waals surface area contributed by atoms with Crippen molar-refractivity contribution in [1.82, 2.24) is 0 Å². The molecule has 0 aliphatic heterocycles. The molecule has 2 rings (SSSR count). The van der Waals surface area contributed by atoms with Gasteiger partial charge in [0.05, 0.1) is 0 Å². The van der Waals surface area contributed by atoms with E-state index in [0.29, 0.717) is 27.8 Å². The molecule has 232 valence electrons. The number of hydrogen-bond acceptors (Lipinski definition) is 4. The molecule has 0 unspecified atom stereocenters. The molecule has 41 heavy (non-hydrogen) atoms. The van der Waals surface area contributed by atoms with Gasteiger partial charge in [-0.05, 0) is 56.4 Å². The summed E-state index contributed by atoms with van der Waals surface area (Å²) in [6.07, 6.45) is 13.1. The molecule has 0 fully saturated rings. The third-order valence-electron chi connectivity index (χ3n) is 7.70. The van der Waals surface area contributed by atoms with Crippen LogP contribution in [0.5, 0.6) is 11.5 Å². The Kier molecular flexibility index (Phi) is 14.1. The number of phosphoric acid groups is 2. The molecule has 0 aliphatic carbocycles. The van der Waals surface area contributed by atoms with Crippen molar-refractivity contribution < 1.29 is 37.8 Å². The molecule has 0 bridgehead atoms. The highest BCUT2D eigenvalue weighted by Gasteiger charge is 2.27. The summed E-state index contributed by atoms with van der Waals surface area (Å²) in [7, 11) is -9.80. The second-order valence-electron chi connectivity index (χ2n) is 12.1. The Morgan fingerprint density at radius 3 is 1.76 bits per heavy atom. The molecule has 0 heterocycles. The summed E-state index contributed by atoms with van der Waals surface area (Å²) in [4.78, 5) is 38.3. The minimum atomic E-state index is -4.91. The van der Waals surface area contributed by atoms with Gasteiger partial charge in [0.1, 0.15) is 11.5 Å². The maximum Gasteiger partial charge on any atom is 0.524 e. The first-order chi connectivity index (χ1) is 19.1. The molecule has 2 aromatic carbocycles. The average molecular weight is 613 g/mol. The van der Waals surface area contributed by atoms with E-state index in [1.807, 2.05) is 13.0 Å². The van der Waals surface area contributed by atoms with Crippen molar-refractivity contribution in [3.05, 3.63) is 47.0 Å². The minimum absolute atomic E-state index is 0.0133. The number of phosphoric ester groups is 2. The quantitative estimate of drug-likeness (QED) is 0.0968. The normalized spacial score (nSPS) is 14.5. The Morgan fingerprint density at radius 1 is 0.780 bits per heavy atom. The van der Waals surface area contributed by atoms with Crippen LogP contribution < -0.4 is 9.05 Å². The van der Waals surface area contributed by atoms with Gasteiger partial charge in [-0.3, -0.25) is 19.6 Å². The van der Waals surface area contributed by atoms with Crippen LogP contribution in [0.4, 0.5) is 0 Å². The zero-order chi connectivity index (χ0) is 30.8. The van der Waals surface area contributed by atoms with Crippen molar-refractivity contribution in [1.29, 1.82) is 0 Å². The van der Waals surface area contributed by atoms with E-state index in [1.54, 1.807) is 31.2 Å². The zero-order valence-electron chi connectivity index (χ0n) is 25.5. The van der Waals surface area contributed by atoms with Gasteiger partial charge < -0.3 is 9.05 Å². The van der Waals surface area contributed by atoms with E-state index in [9.17, 15) is 28.7 Å². The Labute approximate surface area is 246 Å². The maximum absolute atomic E-state index is 11.8. The highest BCUT2D eigenvalue weighted by Crippen LogP contribution is 2.50. The van der Waals surface area contributed by atoms with Crippen molar-refractivity contribution in [2.75, 3.05) is 0 Å². The Morgan fingerprint density at radius 2 is 1.24 bits per heavy atom. The molecule has 0 aromatic heterocycles. The van der Waals surface area contributed by atoms with E-state index >= 15 is 0 Å². The van der Waals surface area contributed by atoms with E-state index in [2.05, 4.69) is 27.7 Å². The predicted molar refractivity (Wildman–Crippen MR) is 166 cm³/mol. The Balaban J connectivity index is 2.07. The summed E-state index contributed by atoms with van der Waals surface area (Å²) >= 11 is 0. The summed E-state index contributed by atoms with van der Waals surface area (Å²) in [6, 6.07) is 6.46. The van der Waals surface area contributed by atoms with Crippen molar-refractivity contribution in [3.8, 4) is 11.5 Å². The highest BCUT2D eigenvalue weighted by molar-refractivity contribution is 7.47. The van der Waals surface area contributed by atoms with Crippen LogP contribution in [0.2, 0.25) is 0 Å². The summed E-state index contributed by atoms with van der Waals surface area (Å²) in [6.45, 7) is 12.9. The van der Waals surface area contributed by atoms with Crippen LogP contribution in [0, 0.1) is 24.7 Å². The van der Waals surface area contributed by atoms with Gasteiger partial charge in [-0.25, -0.2) is 9.13 Å². The van der Waals surface area contributed by atoms with Crippen LogP contribution >= 0.6 is 15.6 Å². The van der Waals surface area contributed by atoms with Crippen molar-refractivity contribution in [2.24, 2.45) is 17.8 Å². The minimum Gasteiger partial charge on any atom is -0.403 e. The second kappa shape index (κ2) is 16.3. The predicted octanol–water partition coefficient (Wildman–Crippen LogP) is 9.02. The van der Waals surface area contributed by atoms with E-state index in [0.717, 1.165) is 36.7 Å². The third-order valence-corrected chi connectivity index (χ3v) is 8.54. The van der Waals surface area contributed by atoms with Gasteiger partial charge in [0, 0.05) is 16.3 Å². The molecule has 2 atom stereocenters. The largest absolute Gasteiger partial charge is 0.524 e. The van der Waals surface area contributed by atoms with E-state index in [1.165, 1.54) is 38.5 Å². The molecule has 0 saturated carbocycles. The smallest absolute Gasteiger partial charge is 0.403 e. The second-order valence-corrected chi connectivity index (χ2v) is 14.4. The van der Waals surface area contributed by atoms with Crippen LogP contribution in [-0.2, 0) is 15.6 Å². The molecule has 8 nitrogen and oxygen atoms in total. The van der Waals surface area contributed by atoms with Crippen LogP contribution in [0.25, 0.3) is 10.8 Å². The number of allylic oxidation sites excluding steroid dienone is 2. The van der Waals surface area contributed by atoms with E-state index < -0.39 is 15.6 Å². The highest BCUT2D eigenvalue weighted by atomic mass is 31.2. The molecule has 4 N–H and O–H groups in total. The first-order valence-corrected chi connectivity index (χ1v) is 17.8. The number of fused-ring (bicyclic) bond motifs is 1. The van der Waals surface area contributed by atoms with Crippen molar-refractivity contribution in [2.45, 2.75) is 106 Å². The average Bonchev–Trinajstić information content (AvgIpc) is 2.84. The van der Waals surface area contributed by atoms with Gasteiger partial charge in [0.15, 0.2) is 0 Å². The lowest BCUT2D eigenvalue weighted by Crippen LogP contribution is -2.03. The SMILES string of the molecule is CC(=CCc1c(C)c(OP(=O)(O)O)c2ccccc2c1OP(=O)(O)O)CCC[C@H](C)CCC[C@H](C)CCCC(C)C. The van der Waals surface area contributed by atoms with Crippen LogP contribution in [0.3, 0.4) is 0 Å². The molecule has 0 radical (unpaired) electrons. The molecule has 0 aliphatic rings. The fourth-order valence-electron chi connectivity index (χ4n) is 5.34. The first kappa shape index (κ1) is 35.5. The summed E-state index contributed by atoms with van der Waals surface area (Å²) in [5, 5.41) is 0.592. The van der Waals surface area contributed by atoms with Gasteiger partial charge in [-0.15, -0.1) is 0 Å². The first-order valence-electron chi connectivity index (χ1n) is 14.8. The number of hydrogen-bond donors (Lipinski definition) is 4. The molecule has 0 saturated heterocycles. The summed E-state index contributed by atoms with van der Waals surface area (Å²) in [5.74, 6) is 2.18.